The molecule has 0 bridgehead atoms. The second-order valence-corrected chi connectivity index (χ2v) is 4.80. The van der Waals surface area contributed by atoms with Crippen LogP contribution in [0.15, 0.2) is 30.5 Å². The van der Waals surface area contributed by atoms with Gasteiger partial charge in [0.1, 0.15) is 0 Å². The molecule has 0 saturated heterocycles. The summed E-state index contributed by atoms with van der Waals surface area (Å²) < 4.78 is 39.7. The lowest BCUT2D eigenvalue weighted by atomic mass is 10.1. The van der Waals surface area contributed by atoms with Gasteiger partial charge in [-0.2, -0.15) is 23.5 Å². The van der Waals surface area contributed by atoms with Crippen LogP contribution in [0.4, 0.5) is 13.2 Å². The fraction of sp³-hybridized carbons (Fsp3) is 0.286. The summed E-state index contributed by atoms with van der Waals surface area (Å²) in [6.45, 7) is 0. The van der Waals surface area contributed by atoms with E-state index in [0.29, 0.717) is 11.6 Å². The van der Waals surface area contributed by atoms with Crippen LogP contribution in [0.3, 0.4) is 0 Å². The van der Waals surface area contributed by atoms with Crippen LogP contribution in [-0.4, -0.2) is 9.78 Å². The number of alkyl halides is 3. The molecule has 1 heterocycles. The molecule has 6 heteroatoms. The van der Waals surface area contributed by atoms with E-state index < -0.39 is 17.3 Å². The lowest BCUT2D eigenvalue weighted by Gasteiger charge is -2.10. The average Bonchev–Trinajstić information content (AvgIpc) is 3.15. The summed E-state index contributed by atoms with van der Waals surface area (Å²) in [7, 11) is 0. The molecule has 20 heavy (non-hydrogen) atoms. The number of halogens is 3. The SMILES string of the molecule is N#Cc1cc(-n2ccc(C3CC3)n2)ccc1C(F)(F)F. The maximum Gasteiger partial charge on any atom is 0.417 e. The molecule has 0 atom stereocenters. The highest BCUT2D eigenvalue weighted by Crippen LogP contribution is 2.39. The van der Waals surface area contributed by atoms with Crippen molar-refractivity contribution >= 4 is 0 Å². The van der Waals surface area contributed by atoms with Crippen molar-refractivity contribution in [2.45, 2.75) is 24.9 Å². The molecule has 1 aliphatic rings. The van der Waals surface area contributed by atoms with Crippen molar-refractivity contribution in [2.24, 2.45) is 0 Å². The Bertz CT molecular complexity index is 690. The zero-order valence-corrected chi connectivity index (χ0v) is 10.4. The first-order valence-corrected chi connectivity index (χ1v) is 6.16. The molecule has 0 radical (unpaired) electrons. The largest absolute Gasteiger partial charge is 0.417 e. The van der Waals surface area contributed by atoms with Gasteiger partial charge >= 0.3 is 6.18 Å². The Morgan fingerprint density at radius 1 is 1.25 bits per heavy atom. The Balaban J connectivity index is 2.00. The van der Waals surface area contributed by atoms with Crippen LogP contribution in [0.1, 0.15) is 35.6 Å². The molecule has 1 saturated carbocycles. The first kappa shape index (κ1) is 12.7. The van der Waals surface area contributed by atoms with Crippen LogP contribution < -0.4 is 0 Å². The van der Waals surface area contributed by atoms with Crippen molar-refractivity contribution in [1.82, 2.24) is 9.78 Å². The lowest BCUT2D eigenvalue weighted by molar-refractivity contribution is -0.137. The van der Waals surface area contributed by atoms with Crippen molar-refractivity contribution in [1.29, 1.82) is 5.26 Å². The molecule has 1 fully saturated rings. The van der Waals surface area contributed by atoms with Gasteiger partial charge in [0.05, 0.1) is 28.6 Å². The quantitative estimate of drug-likeness (QED) is 0.841. The van der Waals surface area contributed by atoms with E-state index in [4.69, 9.17) is 5.26 Å². The van der Waals surface area contributed by atoms with E-state index in [1.165, 1.54) is 16.8 Å². The molecule has 0 N–H and O–H groups in total. The van der Waals surface area contributed by atoms with Crippen LogP contribution in [0.25, 0.3) is 5.69 Å². The molecular weight excluding hydrogens is 267 g/mol. The summed E-state index contributed by atoms with van der Waals surface area (Å²) in [5.74, 6) is 0.473. The Morgan fingerprint density at radius 2 is 2.00 bits per heavy atom. The zero-order chi connectivity index (χ0) is 14.3. The van der Waals surface area contributed by atoms with Crippen LogP contribution in [-0.2, 0) is 6.18 Å². The lowest BCUT2D eigenvalue weighted by Crippen LogP contribution is -2.08. The molecule has 3 rings (SSSR count). The maximum atomic E-state index is 12.7. The fourth-order valence-corrected chi connectivity index (χ4v) is 2.09. The van der Waals surface area contributed by atoms with Gasteiger partial charge in [0.2, 0.25) is 0 Å². The van der Waals surface area contributed by atoms with E-state index in [1.807, 2.05) is 6.07 Å². The van der Waals surface area contributed by atoms with Crippen molar-refractivity contribution in [3.63, 3.8) is 0 Å². The molecule has 1 aliphatic carbocycles. The third-order valence-corrected chi connectivity index (χ3v) is 3.30. The van der Waals surface area contributed by atoms with E-state index in [1.54, 1.807) is 12.3 Å². The predicted molar refractivity (Wildman–Crippen MR) is 65.3 cm³/mol. The van der Waals surface area contributed by atoms with E-state index in [9.17, 15) is 13.2 Å². The summed E-state index contributed by atoms with van der Waals surface area (Å²) in [6.07, 6.45) is -0.606. The highest BCUT2D eigenvalue weighted by Gasteiger charge is 2.33. The molecule has 1 aromatic heterocycles. The molecule has 0 spiro atoms. The Kier molecular flexibility index (Phi) is 2.78. The predicted octanol–water partition coefficient (Wildman–Crippen LogP) is 3.64. The number of hydrogen-bond acceptors (Lipinski definition) is 2. The van der Waals surface area contributed by atoms with Crippen LogP contribution in [0.2, 0.25) is 0 Å². The molecule has 1 aromatic carbocycles. The summed E-state index contributed by atoms with van der Waals surface area (Å²) in [5.41, 5.74) is 0.0988. The highest BCUT2D eigenvalue weighted by atomic mass is 19.4. The maximum absolute atomic E-state index is 12.7. The Labute approximate surface area is 113 Å². The first-order valence-electron chi connectivity index (χ1n) is 6.16. The fourth-order valence-electron chi connectivity index (χ4n) is 2.09. The second kappa shape index (κ2) is 4.37. The highest BCUT2D eigenvalue weighted by molar-refractivity contribution is 5.47. The summed E-state index contributed by atoms with van der Waals surface area (Å²) in [4.78, 5) is 0. The van der Waals surface area contributed by atoms with E-state index in [0.717, 1.165) is 24.6 Å². The first-order chi connectivity index (χ1) is 9.49. The van der Waals surface area contributed by atoms with Crippen molar-refractivity contribution in [2.75, 3.05) is 0 Å². The number of nitriles is 1. The Hall–Kier alpha value is -2.29. The van der Waals surface area contributed by atoms with Crippen molar-refractivity contribution < 1.29 is 13.2 Å². The smallest absolute Gasteiger partial charge is 0.241 e. The molecule has 3 nitrogen and oxygen atoms in total. The third-order valence-electron chi connectivity index (χ3n) is 3.30. The molecule has 2 aromatic rings. The number of rotatable bonds is 2. The van der Waals surface area contributed by atoms with E-state index in [-0.39, 0.29) is 0 Å². The monoisotopic (exact) mass is 277 g/mol. The van der Waals surface area contributed by atoms with E-state index >= 15 is 0 Å². The average molecular weight is 277 g/mol. The molecule has 0 unspecified atom stereocenters. The van der Waals surface area contributed by atoms with Gasteiger partial charge in [0.15, 0.2) is 0 Å². The van der Waals surface area contributed by atoms with Gasteiger partial charge in [0, 0.05) is 12.1 Å². The molecule has 0 aliphatic heterocycles. The standard InChI is InChI=1S/C14H10F3N3/c15-14(16,17)12-4-3-11(7-10(12)8-18)20-6-5-13(19-20)9-1-2-9/h3-7,9H,1-2H2. The summed E-state index contributed by atoms with van der Waals surface area (Å²) >= 11 is 0. The molecule has 102 valence electrons. The number of nitrogens with zero attached hydrogens (tertiary/aromatic N) is 3. The number of aromatic nitrogens is 2. The van der Waals surface area contributed by atoms with Crippen molar-refractivity contribution in [3.05, 3.63) is 47.3 Å². The van der Waals surface area contributed by atoms with Crippen LogP contribution in [0, 0.1) is 11.3 Å². The van der Waals surface area contributed by atoms with E-state index in [2.05, 4.69) is 5.10 Å². The molecular formula is C14H10F3N3. The van der Waals surface area contributed by atoms with Crippen LogP contribution in [0.5, 0.6) is 0 Å². The summed E-state index contributed by atoms with van der Waals surface area (Å²) in [6, 6.07) is 6.92. The Morgan fingerprint density at radius 3 is 2.60 bits per heavy atom. The minimum Gasteiger partial charge on any atom is -0.241 e. The topological polar surface area (TPSA) is 41.6 Å². The number of benzene rings is 1. The minimum absolute atomic E-state index is 0.390. The van der Waals surface area contributed by atoms with Gasteiger partial charge in [-0.1, -0.05) is 0 Å². The minimum atomic E-state index is -4.52. The van der Waals surface area contributed by atoms with Gasteiger partial charge in [0.25, 0.3) is 0 Å². The van der Waals surface area contributed by atoms with Crippen molar-refractivity contribution in [3.8, 4) is 11.8 Å². The normalized spacial score (nSPS) is 15.1. The number of hydrogen-bond donors (Lipinski definition) is 0. The third kappa shape index (κ3) is 2.27. The zero-order valence-electron chi connectivity index (χ0n) is 10.4. The van der Waals surface area contributed by atoms with Gasteiger partial charge in [-0.15, -0.1) is 0 Å². The van der Waals surface area contributed by atoms with Gasteiger partial charge in [-0.3, -0.25) is 0 Å². The van der Waals surface area contributed by atoms with Gasteiger partial charge in [-0.25, -0.2) is 4.68 Å². The molecule has 0 amide bonds. The second-order valence-electron chi connectivity index (χ2n) is 4.80. The summed E-state index contributed by atoms with van der Waals surface area (Å²) in [5, 5.41) is 13.2. The van der Waals surface area contributed by atoms with Gasteiger partial charge < -0.3 is 0 Å². The van der Waals surface area contributed by atoms with Crippen LogP contribution >= 0.6 is 0 Å². The van der Waals surface area contributed by atoms with Gasteiger partial charge in [-0.05, 0) is 37.1 Å².